The lowest BCUT2D eigenvalue weighted by molar-refractivity contribution is 0.00103. The monoisotopic (exact) mass is 251 g/mol. The van der Waals surface area contributed by atoms with Gasteiger partial charge >= 0.3 is 0 Å². The Kier molecular flexibility index (Phi) is 4.91. The molecule has 0 amide bonds. The molecule has 2 unspecified atom stereocenters. The summed E-state index contributed by atoms with van der Waals surface area (Å²) in [7, 11) is 0. The number of nitrogens with one attached hydrogen (secondary N) is 1. The number of aliphatic hydroxyl groups excluding tert-OH is 1. The van der Waals surface area contributed by atoms with E-state index in [1.54, 1.807) is 6.92 Å². The highest BCUT2D eigenvalue weighted by atomic mass is 16.3. The van der Waals surface area contributed by atoms with Crippen LogP contribution < -0.4 is 5.32 Å². The Morgan fingerprint density at radius 2 is 1.72 bits per heavy atom. The summed E-state index contributed by atoms with van der Waals surface area (Å²) in [5, 5.41) is 22.1. The summed E-state index contributed by atoms with van der Waals surface area (Å²) in [6.07, 6.45) is 0. The van der Waals surface area contributed by atoms with Crippen LogP contribution >= 0.6 is 0 Å². The van der Waals surface area contributed by atoms with E-state index in [0.717, 1.165) is 0 Å². The van der Waals surface area contributed by atoms with E-state index in [4.69, 9.17) is 5.11 Å². The Morgan fingerprint density at radius 1 is 1.22 bits per heavy atom. The smallest absolute Gasteiger partial charge is 0.0973 e. The van der Waals surface area contributed by atoms with Crippen LogP contribution in [0.1, 0.15) is 42.1 Å². The Balaban J connectivity index is 2.82. The zero-order chi connectivity index (χ0) is 13.9. The molecule has 0 saturated carbocycles. The van der Waals surface area contributed by atoms with E-state index in [2.05, 4.69) is 45.1 Å². The van der Waals surface area contributed by atoms with Crippen molar-refractivity contribution in [3.8, 4) is 0 Å². The lowest BCUT2D eigenvalue weighted by Gasteiger charge is -2.26. The third kappa shape index (κ3) is 3.80. The first kappa shape index (κ1) is 15.2. The number of aryl methyl sites for hydroxylation is 3. The van der Waals surface area contributed by atoms with E-state index in [1.807, 2.05) is 0 Å². The van der Waals surface area contributed by atoms with Crippen LogP contribution in [0.4, 0.5) is 0 Å². The predicted octanol–water partition coefficient (Wildman–Crippen LogP) is 2.01. The largest absolute Gasteiger partial charge is 0.393 e. The molecule has 0 radical (unpaired) electrons. The molecule has 0 spiro atoms. The van der Waals surface area contributed by atoms with Gasteiger partial charge in [-0.15, -0.1) is 0 Å². The summed E-state index contributed by atoms with van der Waals surface area (Å²) in [5.41, 5.74) is 3.99. The van der Waals surface area contributed by atoms with E-state index in [9.17, 15) is 5.11 Å². The van der Waals surface area contributed by atoms with Gasteiger partial charge in [0.2, 0.25) is 0 Å². The Bertz CT molecular complexity index is 390. The second-order valence-corrected chi connectivity index (χ2v) is 5.57. The highest BCUT2D eigenvalue weighted by Crippen LogP contribution is 2.23. The predicted molar refractivity (Wildman–Crippen MR) is 74.8 cm³/mol. The zero-order valence-corrected chi connectivity index (χ0v) is 12.0. The Morgan fingerprint density at radius 3 is 2.17 bits per heavy atom. The second-order valence-electron chi connectivity index (χ2n) is 5.57. The van der Waals surface area contributed by atoms with Crippen molar-refractivity contribution in [3.63, 3.8) is 0 Å². The third-order valence-electron chi connectivity index (χ3n) is 3.30. The molecule has 0 aliphatic rings. The van der Waals surface area contributed by atoms with Crippen LogP contribution in [-0.4, -0.2) is 29.0 Å². The fourth-order valence-electron chi connectivity index (χ4n) is 2.41. The quantitative estimate of drug-likeness (QED) is 0.750. The maximum atomic E-state index is 9.79. The van der Waals surface area contributed by atoms with Gasteiger partial charge in [0.25, 0.3) is 0 Å². The van der Waals surface area contributed by atoms with Crippen molar-refractivity contribution >= 4 is 0 Å². The van der Waals surface area contributed by atoms with Crippen molar-refractivity contribution in [3.05, 3.63) is 34.4 Å². The normalized spacial score (nSPS) is 16.4. The minimum atomic E-state index is -1.07. The Hall–Kier alpha value is -0.900. The van der Waals surface area contributed by atoms with E-state index in [0.29, 0.717) is 6.54 Å². The minimum Gasteiger partial charge on any atom is -0.393 e. The van der Waals surface area contributed by atoms with Crippen molar-refractivity contribution in [2.24, 2.45) is 0 Å². The number of benzene rings is 1. The van der Waals surface area contributed by atoms with Crippen LogP contribution in [0, 0.1) is 20.8 Å². The van der Waals surface area contributed by atoms with Crippen LogP contribution in [0.2, 0.25) is 0 Å². The van der Waals surface area contributed by atoms with Crippen LogP contribution in [0.3, 0.4) is 0 Å². The highest BCUT2D eigenvalue weighted by molar-refractivity contribution is 5.39. The van der Waals surface area contributed by atoms with E-state index in [1.165, 1.54) is 22.3 Å². The average Bonchev–Trinajstić information content (AvgIpc) is 2.25. The maximum Gasteiger partial charge on any atom is 0.0973 e. The molecule has 3 nitrogen and oxygen atoms in total. The van der Waals surface area contributed by atoms with Crippen molar-refractivity contribution in [2.45, 2.75) is 46.3 Å². The lowest BCUT2D eigenvalue weighted by Crippen LogP contribution is -2.42. The van der Waals surface area contributed by atoms with Crippen LogP contribution in [-0.2, 0) is 0 Å². The van der Waals surface area contributed by atoms with E-state index in [-0.39, 0.29) is 12.6 Å². The molecular formula is C15H25NO2. The van der Waals surface area contributed by atoms with Gasteiger partial charge in [-0.1, -0.05) is 17.7 Å². The van der Waals surface area contributed by atoms with Crippen molar-refractivity contribution in [1.82, 2.24) is 5.32 Å². The molecule has 0 aromatic heterocycles. The fourth-order valence-corrected chi connectivity index (χ4v) is 2.41. The van der Waals surface area contributed by atoms with Crippen LogP contribution in [0.25, 0.3) is 0 Å². The topological polar surface area (TPSA) is 52.5 Å². The number of rotatable bonds is 5. The van der Waals surface area contributed by atoms with Crippen molar-refractivity contribution in [1.29, 1.82) is 0 Å². The highest BCUT2D eigenvalue weighted by Gasteiger charge is 2.20. The van der Waals surface area contributed by atoms with Gasteiger partial charge in [-0.25, -0.2) is 0 Å². The molecular weight excluding hydrogens is 226 g/mol. The van der Waals surface area contributed by atoms with Crippen LogP contribution in [0.5, 0.6) is 0 Å². The summed E-state index contributed by atoms with van der Waals surface area (Å²) >= 11 is 0. The molecule has 0 fully saturated rings. The van der Waals surface area contributed by atoms with Gasteiger partial charge in [-0.2, -0.15) is 0 Å². The molecule has 0 bridgehead atoms. The van der Waals surface area contributed by atoms with Gasteiger partial charge in [0.15, 0.2) is 0 Å². The first-order valence-corrected chi connectivity index (χ1v) is 6.41. The van der Waals surface area contributed by atoms with E-state index >= 15 is 0 Å². The van der Waals surface area contributed by atoms with Gasteiger partial charge in [0.1, 0.15) is 0 Å². The minimum absolute atomic E-state index is 0.156. The van der Waals surface area contributed by atoms with Crippen molar-refractivity contribution in [2.75, 3.05) is 13.2 Å². The lowest BCUT2D eigenvalue weighted by atomic mass is 9.94. The fraction of sp³-hybridized carbons (Fsp3) is 0.600. The molecule has 18 heavy (non-hydrogen) atoms. The number of hydrogen-bond acceptors (Lipinski definition) is 3. The molecule has 1 aromatic rings. The second kappa shape index (κ2) is 5.83. The number of aliphatic hydroxyl groups is 2. The molecule has 0 aliphatic carbocycles. The van der Waals surface area contributed by atoms with Gasteiger partial charge < -0.3 is 15.5 Å². The molecule has 1 aromatic carbocycles. The average molecular weight is 251 g/mol. The van der Waals surface area contributed by atoms with Gasteiger partial charge in [-0.05, 0) is 51.3 Å². The summed E-state index contributed by atoms with van der Waals surface area (Å²) in [6.45, 7) is 10.2. The van der Waals surface area contributed by atoms with Gasteiger partial charge in [-0.3, -0.25) is 0 Å². The first-order valence-electron chi connectivity index (χ1n) is 6.41. The standard InChI is InChI=1S/C15H25NO2/c1-10-6-11(2)14(12(3)7-10)13(4)16-8-15(5,18)9-17/h6-7,13,16-18H,8-9H2,1-5H3. The molecule has 3 heteroatoms. The number of hydrogen-bond donors (Lipinski definition) is 3. The van der Waals surface area contributed by atoms with Crippen LogP contribution in [0.15, 0.2) is 12.1 Å². The summed E-state index contributed by atoms with van der Waals surface area (Å²) in [5.74, 6) is 0. The molecule has 0 aliphatic heterocycles. The third-order valence-corrected chi connectivity index (χ3v) is 3.30. The van der Waals surface area contributed by atoms with Crippen molar-refractivity contribution < 1.29 is 10.2 Å². The molecule has 3 N–H and O–H groups in total. The SMILES string of the molecule is Cc1cc(C)c(C(C)NCC(C)(O)CO)c(C)c1. The van der Waals surface area contributed by atoms with Gasteiger partial charge in [0, 0.05) is 12.6 Å². The van der Waals surface area contributed by atoms with Gasteiger partial charge in [0.05, 0.1) is 12.2 Å². The molecule has 0 saturated heterocycles. The maximum absolute atomic E-state index is 9.79. The molecule has 1 rings (SSSR count). The van der Waals surface area contributed by atoms with E-state index < -0.39 is 5.60 Å². The molecule has 102 valence electrons. The summed E-state index contributed by atoms with van der Waals surface area (Å²) < 4.78 is 0. The molecule has 0 heterocycles. The Labute approximate surface area is 110 Å². The first-order chi connectivity index (χ1) is 8.26. The molecule has 2 atom stereocenters. The summed E-state index contributed by atoms with van der Waals surface area (Å²) in [4.78, 5) is 0. The summed E-state index contributed by atoms with van der Waals surface area (Å²) in [6, 6.07) is 4.50. The zero-order valence-electron chi connectivity index (χ0n) is 12.0.